The molecular formula is C7H5F3O. The second-order valence-electron chi connectivity index (χ2n) is 2.03. The van der Waals surface area contributed by atoms with Gasteiger partial charge in [-0.15, -0.1) is 0 Å². The third kappa shape index (κ3) is 1.51. The Labute approximate surface area is 61.1 Å². The lowest BCUT2D eigenvalue weighted by molar-refractivity contribution is 0.279. The number of rotatable bonds is 1. The van der Waals surface area contributed by atoms with Crippen molar-refractivity contribution >= 4 is 0 Å². The van der Waals surface area contributed by atoms with Crippen molar-refractivity contribution in [1.29, 1.82) is 0 Å². The molecular weight excluding hydrogens is 157 g/mol. The highest BCUT2D eigenvalue weighted by Gasteiger charge is 2.09. The van der Waals surface area contributed by atoms with Crippen LogP contribution in [0.5, 0.6) is 0 Å². The molecule has 0 saturated carbocycles. The standard InChI is InChI=1S/C7H5F3O/c8-5-1-4(3-11)2-6(9)7(5)10/h1-2,11H,3H2. The van der Waals surface area contributed by atoms with E-state index in [1.54, 1.807) is 0 Å². The summed E-state index contributed by atoms with van der Waals surface area (Å²) in [6.45, 7) is -0.506. The monoisotopic (exact) mass is 162 g/mol. The van der Waals surface area contributed by atoms with Crippen molar-refractivity contribution in [3.63, 3.8) is 0 Å². The second kappa shape index (κ2) is 2.92. The summed E-state index contributed by atoms with van der Waals surface area (Å²) in [4.78, 5) is 0. The first kappa shape index (κ1) is 8.07. The minimum Gasteiger partial charge on any atom is -0.392 e. The Balaban J connectivity index is 3.21. The molecule has 4 heteroatoms. The van der Waals surface area contributed by atoms with E-state index in [0.29, 0.717) is 0 Å². The summed E-state index contributed by atoms with van der Waals surface area (Å²) in [5.41, 5.74) is 0.0152. The Hall–Kier alpha value is -1.03. The smallest absolute Gasteiger partial charge is 0.194 e. The fourth-order valence-electron chi connectivity index (χ4n) is 0.699. The number of halogens is 3. The lowest BCUT2D eigenvalue weighted by Gasteiger charge is -1.98. The average Bonchev–Trinajstić information content (AvgIpc) is 1.99. The average molecular weight is 162 g/mol. The molecule has 0 fully saturated rings. The van der Waals surface area contributed by atoms with Crippen molar-refractivity contribution < 1.29 is 18.3 Å². The van der Waals surface area contributed by atoms with Crippen LogP contribution in [0.3, 0.4) is 0 Å². The van der Waals surface area contributed by atoms with Crippen molar-refractivity contribution in [2.24, 2.45) is 0 Å². The van der Waals surface area contributed by atoms with Crippen molar-refractivity contribution in [3.8, 4) is 0 Å². The summed E-state index contributed by atoms with van der Waals surface area (Å²) in [7, 11) is 0. The molecule has 0 aromatic heterocycles. The predicted molar refractivity (Wildman–Crippen MR) is 32.2 cm³/mol. The second-order valence-corrected chi connectivity index (χ2v) is 2.03. The lowest BCUT2D eigenvalue weighted by Crippen LogP contribution is -1.93. The molecule has 11 heavy (non-hydrogen) atoms. The van der Waals surface area contributed by atoms with Gasteiger partial charge in [0.2, 0.25) is 0 Å². The number of aliphatic hydroxyl groups excluding tert-OH is 1. The minimum absolute atomic E-state index is 0.0152. The Morgan fingerprint density at radius 3 is 1.91 bits per heavy atom. The largest absolute Gasteiger partial charge is 0.392 e. The molecule has 1 rings (SSSR count). The molecule has 60 valence electrons. The SMILES string of the molecule is OCc1cc(F)c(F)c(F)c1. The third-order valence-electron chi connectivity index (χ3n) is 1.23. The summed E-state index contributed by atoms with van der Waals surface area (Å²) < 4.78 is 36.8. The summed E-state index contributed by atoms with van der Waals surface area (Å²) in [6, 6.07) is 1.50. The molecule has 1 nitrogen and oxygen atoms in total. The van der Waals surface area contributed by atoms with Gasteiger partial charge in [-0.25, -0.2) is 13.2 Å². The van der Waals surface area contributed by atoms with Crippen LogP contribution in [0.25, 0.3) is 0 Å². The zero-order chi connectivity index (χ0) is 8.43. The molecule has 1 aromatic carbocycles. The van der Waals surface area contributed by atoms with Gasteiger partial charge in [0.25, 0.3) is 0 Å². The van der Waals surface area contributed by atoms with Crippen LogP contribution in [0.4, 0.5) is 13.2 Å². The van der Waals surface area contributed by atoms with Crippen LogP contribution in [-0.2, 0) is 6.61 Å². The quantitative estimate of drug-likeness (QED) is 0.622. The van der Waals surface area contributed by atoms with Crippen LogP contribution in [-0.4, -0.2) is 5.11 Å². The number of hydrogen-bond donors (Lipinski definition) is 1. The topological polar surface area (TPSA) is 20.2 Å². The van der Waals surface area contributed by atoms with E-state index in [1.165, 1.54) is 0 Å². The molecule has 0 aliphatic heterocycles. The van der Waals surface area contributed by atoms with E-state index < -0.39 is 24.1 Å². The van der Waals surface area contributed by atoms with Gasteiger partial charge in [0.15, 0.2) is 17.5 Å². The molecule has 0 saturated heterocycles. The van der Waals surface area contributed by atoms with Gasteiger partial charge >= 0.3 is 0 Å². The van der Waals surface area contributed by atoms with Gasteiger partial charge in [0.05, 0.1) is 6.61 Å². The zero-order valence-corrected chi connectivity index (χ0v) is 5.44. The van der Waals surface area contributed by atoms with Crippen LogP contribution < -0.4 is 0 Å². The van der Waals surface area contributed by atoms with Gasteiger partial charge in [-0.1, -0.05) is 0 Å². The molecule has 0 unspecified atom stereocenters. The van der Waals surface area contributed by atoms with E-state index in [1.807, 2.05) is 0 Å². The van der Waals surface area contributed by atoms with Gasteiger partial charge in [-0.2, -0.15) is 0 Å². The number of benzene rings is 1. The van der Waals surface area contributed by atoms with E-state index >= 15 is 0 Å². The van der Waals surface area contributed by atoms with E-state index in [4.69, 9.17) is 5.11 Å². The van der Waals surface area contributed by atoms with Gasteiger partial charge in [-0.3, -0.25) is 0 Å². The van der Waals surface area contributed by atoms with Crippen molar-refractivity contribution in [2.75, 3.05) is 0 Å². The van der Waals surface area contributed by atoms with E-state index in [9.17, 15) is 13.2 Å². The van der Waals surface area contributed by atoms with Gasteiger partial charge in [0.1, 0.15) is 0 Å². The summed E-state index contributed by atoms with van der Waals surface area (Å²) in [5.74, 6) is -4.08. The Morgan fingerprint density at radius 2 is 1.55 bits per heavy atom. The molecule has 0 bridgehead atoms. The molecule has 0 spiro atoms. The highest BCUT2D eigenvalue weighted by atomic mass is 19.2. The van der Waals surface area contributed by atoms with Crippen LogP contribution in [0, 0.1) is 17.5 Å². The van der Waals surface area contributed by atoms with E-state index in [2.05, 4.69) is 0 Å². The predicted octanol–water partition coefficient (Wildman–Crippen LogP) is 1.60. The first-order chi connectivity index (χ1) is 5.15. The van der Waals surface area contributed by atoms with Crippen molar-refractivity contribution in [1.82, 2.24) is 0 Å². The highest BCUT2D eigenvalue weighted by Crippen LogP contribution is 2.12. The summed E-state index contributed by atoms with van der Waals surface area (Å²) in [6.07, 6.45) is 0. The molecule has 0 aliphatic carbocycles. The Bertz CT molecular complexity index is 249. The fourth-order valence-corrected chi connectivity index (χ4v) is 0.699. The third-order valence-corrected chi connectivity index (χ3v) is 1.23. The fraction of sp³-hybridized carbons (Fsp3) is 0.143. The zero-order valence-electron chi connectivity index (χ0n) is 5.44. The molecule has 1 N–H and O–H groups in total. The molecule has 0 atom stereocenters. The summed E-state index contributed by atoms with van der Waals surface area (Å²) in [5, 5.41) is 8.42. The summed E-state index contributed by atoms with van der Waals surface area (Å²) >= 11 is 0. The maximum atomic E-state index is 12.3. The molecule has 1 aromatic rings. The minimum atomic E-state index is -1.51. The Kier molecular flexibility index (Phi) is 2.14. The highest BCUT2D eigenvalue weighted by molar-refractivity contribution is 5.18. The number of hydrogen-bond acceptors (Lipinski definition) is 1. The molecule has 0 amide bonds. The first-order valence-corrected chi connectivity index (χ1v) is 2.89. The first-order valence-electron chi connectivity index (χ1n) is 2.89. The van der Waals surface area contributed by atoms with Crippen LogP contribution in [0.15, 0.2) is 12.1 Å². The van der Waals surface area contributed by atoms with Crippen molar-refractivity contribution in [3.05, 3.63) is 35.1 Å². The maximum Gasteiger partial charge on any atom is 0.194 e. The van der Waals surface area contributed by atoms with Crippen LogP contribution in [0.2, 0.25) is 0 Å². The van der Waals surface area contributed by atoms with Gasteiger partial charge in [0, 0.05) is 0 Å². The molecule has 0 aliphatic rings. The van der Waals surface area contributed by atoms with Gasteiger partial charge < -0.3 is 5.11 Å². The molecule has 0 radical (unpaired) electrons. The van der Waals surface area contributed by atoms with E-state index in [0.717, 1.165) is 12.1 Å². The van der Waals surface area contributed by atoms with Gasteiger partial charge in [-0.05, 0) is 17.7 Å². The Morgan fingerprint density at radius 1 is 1.09 bits per heavy atom. The van der Waals surface area contributed by atoms with Crippen LogP contribution >= 0.6 is 0 Å². The normalized spacial score (nSPS) is 10.2. The lowest BCUT2D eigenvalue weighted by atomic mass is 10.2. The molecule has 0 heterocycles. The van der Waals surface area contributed by atoms with E-state index in [-0.39, 0.29) is 5.56 Å². The number of aliphatic hydroxyl groups is 1. The van der Waals surface area contributed by atoms with Crippen molar-refractivity contribution in [2.45, 2.75) is 6.61 Å². The maximum absolute atomic E-state index is 12.3. The van der Waals surface area contributed by atoms with Crippen LogP contribution in [0.1, 0.15) is 5.56 Å².